The molecular weight excluding hydrogens is 317 g/mol. The molecule has 1 atom stereocenters. The Morgan fingerprint density at radius 2 is 1.90 bits per heavy atom. The van der Waals surface area contributed by atoms with Gasteiger partial charge in [0.2, 0.25) is 0 Å². The van der Waals surface area contributed by atoms with Crippen molar-refractivity contribution < 1.29 is 9.90 Å². The van der Waals surface area contributed by atoms with E-state index in [0.717, 1.165) is 0 Å². The first kappa shape index (κ1) is 18.9. The summed E-state index contributed by atoms with van der Waals surface area (Å²) < 4.78 is 0. The van der Waals surface area contributed by atoms with Crippen LogP contribution in [-0.4, -0.2) is 17.6 Å². The topological polar surface area (TPSA) is 49.3 Å². The molecule has 0 bridgehead atoms. The molecule has 0 aliphatic rings. The number of benzene rings is 1. The summed E-state index contributed by atoms with van der Waals surface area (Å²) in [6.07, 6.45) is 0. The second kappa shape index (κ2) is 10.7. The van der Waals surface area contributed by atoms with Gasteiger partial charge in [-0.1, -0.05) is 48.9 Å². The highest BCUT2D eigenvalue weighted by Gasteiger charge is 2.20. The number of nitrogens with one attached hydrogen (secondary N) is 1. The number of rotatable bonds is 4. The third kappa shape index (κ3) is 6.39. The Labute approximate surface area is 134 Å². The summed E-state index contributed by atoms with van der Waals surface area (Å²) in [5.74, 6) is -0.917. The fourth-order valence-electron chi connectivity index (χ4n) is 1.47. The van der Waals surface area contributed by atoms with Gasteiger partial charge in [-0.3, -0.25) is 4.79 Å². The van der Waals surface area contributed by atoms with Gasteiger partial charge in [-0.25, -0.2) is 0 Å². The van der Waals surface area contributed by atoms with E-state index in [1.165, 1.54) is 0 Å². The summed E-state index contributed by atoms with van der Waals surface area (Å²) in [4.78, 5) is 10.9. The summed E-state index contributed by atoms with van der Waals surface area (Å²) in [6, 6.07) is 10.3. The van der Waals surface area contributed by atoms with Crippen molar-refractivity contribution in [1.29, 1.82) is 0 Å². The van der Waals surface area contributed by atoms with Crippen LogP contribution in [-0.2, 0) is 4.79 Å². The quantitative estimate of drug-likeness (QED) is 0.879. The Kier molecular flexibility index (Phi) is 10.1. The minimum Gasteiger partial charge on any atom is -0.480 e. The molecule has 1 aromatic heterocycles. The van der Waals surface area contributed by atoms with Crippen molar-refractivity contribution >= 4 is 41.3 Å². The van der Waals surface area contributed by atoms with E-state index in [1.807, 2.05) is 29.8 Å². The first-order valence-corrected chi connectivity index (χ1v) is 7.16. The minimum atomic E-state index is -0.917. The van der Waals surface area contributed by atoms with E-state index in [1.54, 1.807) is 35.6 Å². The number of aliphatic carboxylic acids is 1. The summed E-state index contributed by atoms with van der Waals surface area (Å²) in [6.45, 7) is 2.44. The van der Waals surface area contributed by atoms with Crippen LogP contribution in [0.15, 0.2) is 47.2 Å². The molecule has 0 aliphatic carbocycles. The molecule has 2 N–H and O–H groups in total. The number of carboxylic acid groups (broad SMARTS) is 1. The molecule has 1 aromatic carbocycles. The first-order chi connectivity index (χ1) is 9.16. The lowest BCUT2D eigenvalue weighted by Gasteiger charge is -2.14. The Morgan fingerprint density at radius 3 is 2.30 bits per heavy atom. The van der Waals surface area contributed by atoms with Gasteiger partial charge in [0.1, 0.15) is 6.04 Å². The average Bonchev–Trinajstić information content (AvgIpc) is 2.96. The lowest BCUT2D eigenvalue weighted by Crippen LogP contribution is -2.28. The van der Waals surface area contributed by atoms with Crippen molar-refractivity contribution in [3.8, 4) is 0 Å². The maximum absolute atomic E-state index is 10.9. The highest BCUT2D eigenvalue weighted by Crippen LogP contribution is 2.22. The van der Waals surface area contributed by atoms with Crippen LogP contribution in [0.5, 0.6) is 0 Å². The van der Waals surface area contributed by atoms with Gasteiger partial charge in [0.15, 0.2) is 0 Å². The largest absolute Gasteiger partial charge is 0.480 e. The van der Waals surface area contributed by atoms with Crippen LogP contribution in [0.4, 0.5) is 0 Å². The molecule has 6 heteroatoms. The summed E-state index contributed by atoms with van der Waals surface area (Å²) >= 11 is 7.61. The van der Waals surface area contributed by atoms with E-state index in [9.17, 15) is 4.79 Å². The molecule has 110 valence electrons. The van der Waals surface area contributed by atoms with Crippen molar-refractivity contribution in [3.05, 3.63) is 57.7 Å². The third-order valence-corrected chi connectivity index (χ3v) is 3.27. The molecule has 1 unspecified atom stereocenters. The maximum Gasteiger partial charge on any atom is 0.325 e. The molecule has 20 heavy (non-hydrogen) atoms. The maximum atomic E-state index is 10.9. The summed E-state index contributed by atoms with van der Waals surface area (Å²) in [7, 11) is 0. The Morgan fingerprint density at radius 1 is 1.30 bits per heavy atom. The molecule has 1 heterocycles. The van der Waals surface area contributed by atoms with E-state index in [0.29, 0.717) is 17.1 Å². The number of carbonyl (C=O) groups is 1. The van der Waals surface area contributed by atoms with Crippen LogP contribution in [0.25, 0.3) is 0 Å². The summed E-state index contributed by atoms with van der Waals surface area (Å²) in [5, 5.41) is 16.4. The van der Waals surface area contributed by atoms with Crippen molar-refractivity contribution in [2.45, 2.75) is 13.0 Å². The van der Waals surface area contributed by atoms with E-state index in [4.69, 9.17) is 16.7 Å². The molecule has 0 saturated heterocycles. The monoisotopic (exact) mass is 333 g/mol. The number of halogens is 2. The molecule has 2 rings (SSSR count). The lowest BCUT2D eigenvalue weighted by molar-refractivity contribution is -0.139. The van der Waals surface area contributed by atoms with E-state index >= 15 is 0 Å². The SMILES string of the molecule is CCNC(C(=O)O)c1ccccc1Cl.Cl.c1ccsc1. The van der Waals surface area contributed by atoms with Gasteiger partial charge in [-0.15, -0.1) is 12.4 Å². The van der Waals surface area contributed by atoms with Gasteiger partial charge in [0, 0.05) is 5.02 Å². The zero-order valence-electron chi connectivity index (χ0n) is 11.0. The van der Waals surface area contributed by atoms with Gasteiger partial charge in [-0.2, -0.15) is 11.3 Å². The van der Waals surface area contributed by atoms with Gasteiger partial charge in [-0.05, 0) is 28.9 Å². The zero-order chi connectivity index (χ0) is 14.1. The number of carboxylic acids is 1. The van der Waals surface area contributed by atoms with Crippen LogP contribution in [0.1, 0.15) is 18.5 Å². The lowest BCUT2D eigenvalue weighted by atomic mass is 10.1. The van der Waals surface area contributed by atoms with Crippen LogP contribution in [0.3, 0.4) is 0 Å². The van der Waals surface area contributed by atoms with Crippen LogP contribution >= 0.6 is 35.3 Å². The first-order valence-electron chi connectivity index (χ1n) is 5.84. The average molecular weight is 334 g/mol. The third-order valence-electron chi connectivity index (χ3n) is 2.30. The van der Waals surface area contributed by atoms with Gasteiger partial charge >= 0.3 is 5.97 Å². The molecule has 0 radical (unpaired) electrons. The Hall–Kier alpha value is -1.07. The van der Waals surface area contributed by atoms with Crippen LogP contribution < -0.4 is 5.32 Å². The molecule has 3 nitrogen and oxygen atoms in total. The Bertz CT molecular complexity index is 474. The van der Waals surface area contributed by atoms with Crippen molar-refractivity contribution in [3.63, 3.8) is 0 Å². The van der Waals surface area contributed by atoms with Crippen molar-refractivity contribution in [2.75, 3.05) is 6.54 Å². The number of hydrogen-bond acceptors (Lipinski definition) is 3. The van der Waals surface area contributed by atoms with Gasteiger partial charge < -0.3 is 10.4 Å². The van der Waals surface area contributed by atoms with Gasteiger partial charge in [0.25, 0.3) is 0 Å². The standard InChI is InChI=1S/C10H12ClNO2.C4H4S.ClH/c1-2-12-9(10(13)14)7-5-3-4-6-8(7)11;1-2-4-5-3-1;/h3-6,9,12H,2H2,1H3,(H,13,14);1-4H;1H. The molecular formula is C14H17Cl2NO2S. The second-order valence-electron chi connectivity index (χ2n) is 3.64. The van der Waals surface area contributed by atoms with Crippen molar-refractivity contribution in [2.24, 2.45) is 0 Å². The van der Waals surface area contributed by atoms with E-state index in [2.05, 4.69) is 5.32 Å². The molecule has 2 aromatic rings. The summed E-state index contributed by atoms with van der Waals surface area (Å²) in [5.41, 5.74) is 0.600. The fraction of sp³-hybridized carbons (Fsp3) is 0.214. The predicted molar refractivity (Wildman–Crippen MR) is 87.1 cm³/mol. The van der Waals surface area contributed by atoms with E-state index in [-0.39, 0.29) is 12.4 Å². The number of likely N-dealkylation sites (N-methyl/N-ethyl adjacent to an activating group) is 1. The molecule has 0 aliphatic heterocycles. The smallest absolute Gasteiger partial charge is 0.325 e. The van der Waals surface area contributed by atoms with Crippen molar-refractivity contribution in [1.82, 2.24) is 5.32 Å². The van der Waals surface area contributed by atoms with E-state index < -0.39 is 12.0 Å². The normalized spacial score (nSPS) is 10.7. The Balaban J connectivity index is 0.000000507. The number of thiophene rings is 1. The minimum absolute atomic E-state index is 0. The highest BCUT2D eigenvalue weighted by atomic mass is 35.5. The fourth-order valence-corrected chi connectivity index (χ4v) is 2.17. The second-order valence-corrected chi connectivity index (χ2v) is 4.87. The number of hydrogen-bond donors (Lipinski definition) is 2. The predicted octanol–water partition coefficient (Wildman–Crippen LogP) is 4.25. The zero-order valence-corrected chi connectivity index (χ0v) is 13.3. The molecule has 0 amide bonds. The van der Waals surface area contributed by atoms with Gasteiger partial charge in [0.05, 0.1) is 0 Å². The molecule has 0 saturated carbocycles. The van der Waals surface area contributed by atoms with Crippen LogP contribution in [0.2, 0.25) is 5.02 Å². The van der Waals surface area contributed by atoms with Crippen LogP contribution in [0, 0.1) is 0 Å². The molecule has 0 spiro atoms. The molecule has 0 fully saturated rings. The highest BCUT2D eigenvalue weighted by molar-refractivity contribution is 7.07.